The molecule has 2 heterocycles. The van der Waals surface area contributed by atoms with Gasteiger partial charge in [0.2, 0.25) is 0 Å². The molecule has 0 aliphatic carbocycles. The fraction of sp³-hybridized carbons (Fsp3) is 0.154. The highest BCUT2D eigenvalue weighted by Crippen LogP contribution is 2.29. The van der Waals surface area contributed by atoms with Gasteiger partial charge in [0.05, 0.1) is 22.4 Å². The van der Waals surface area contributed by atoms with Gasteiger partial charge in [-0.2, -0.15) is 8.75 Å². The van der Waals surface area contributed by atoms with E-state index in [0.717, 1.165) is 29.7 Å². The number of nitrogens with one attached hydrogen (secondary N) is 1. The largest absolute Gasteiger partial charge is 0.382 e. The fourth-order valence-electron chi connectivity index (χ4n) is 1.87. The van der Waals surface area contributed by atoms with Gasteiger partial charge in [0.1, 0.15) is 11.0 Å². The van der Waals surface area contributed by atoms with E-state index in [9.17, 15) is 0 Å². The summed E-state index contributed by atoms with van der Waals surface area (Å²) in [5.41, 5.74) is 3.76. The highest BCUT2D eigenvalue weighted by molar-refractivity contribution is 7.00. The predicted molar refractivity (Wildman–Crippen MR) is 78.9 cm³/mol. The SMILES string of the molecule is Clc1ccc2nsnc2c1NCCc1cccnc1. The Morgan fingerprint density at radius 3 is 3.00 bits per heavy atom. The molecule has 19 heavy (non-hydrogen) atoms. The third kappa shape index (κ3) is 2.67. The van der Waals surface area contributed by atoms with Crippen molar-refractivity contribution in [3.63, 3.8) is 0 Å². The second kappa shape index (κ2) is 5.50. The number of hydrogen-bond acceptors (Lipinski definition) is 5. The summed E-state index contributed by atoms with van der Waals surface area (Å²) in [7, 11) is 0. The van der Waals surface area contributed by atoms with Gasteiger partial charge in [-0.1, -0.05) is 17.7 Å². The Morgan fingerprint density at radius 1 is 1.21 bits per heavy atom. The molecule has 96 valence electrons. The van der Waals surface area contributed by atoms with E-state index in [4.69, 9.17) is 11.6 Å². The monoisotopic (exact) mass is 290 g/mol. The van der Waals surface area contributed by atoms with E-state index in [1.807, 2.05) is 24.4 Å². The van der Waals surface area contributed by atoms with Crippen molar-refractivity contribution >= 4 is 40.0 Å². The molecule has 3 aromatic rings. The van der Waals surface area contributed by atoms with Gasteiger partial charge in [-0.05, 0) is 30.2 Å². The minimum absolute atomic E-state index is 0.673. The van der Waals surface area contributed by atoms with Gasteiger partial charge >= 0.3 is 0 Å². The van der Waals surface area contributed by atoms with Crippen molar-refractivity contribution in [1.82, 2.24) is 13.7 Å². The number of fused-ring (bicyclic) bond motifs is 1. The molecule has 0 radical (unpaired) electrons. The van der Waals surface area contributed by atoms with Crippen LogP contribution in [0.1, 0.15) is 5.56 Å². The predicted octanol–water partition coefficient (Wildman–Crippen LogP) is 3.39. The molecule has 0 amide bonds. The second-order valence-electron chi connectivity index (χ2n) is 4.09. The van der Waals surface area contributed by atoms with Gasteiger partial charge in [0.15, 0.2) is 0 Å². The van der Waals surface area contributed by atoms with Gasteiger partial charge in [-0.25, -0.2) is 0 Å². The third-order valence-electron chi connectivity index (χ3n) is 2.82. The van der Waals surface area contributed by atoms with Gasteiger partial charge < -0.3 is 5.32 Å². The summed E-state index contributed by atoms with van der Waals surface area (Å²) in [6.07, 6.45) is 4.53. The topological polar surface area (TPSA) is 50.7 Å². The maximum atomic E-state index is 6.20. The van der Waals surface area contributed by atoms with Crippen molar-refractivity contribution in [1.29, 1.82) is 0 Å². The standard InChI is InChI=1S/C13H11ClN4S/c14-10-3-4-11-13(18-19-17-11)12(10)16-7-5-9-2-1-6-15-8-9/h1-4,6,8,16H,5,7H2. The van der Waals surface area contributed by atoms with E-state index in [1.165, 1.54) is 17.3 Å². The van der Waals surface area contributed by atoms with Crippen LogP contribution in [0.3, 0.4) is 0 Å². The number of aromatic nitrogens is 3. The lowest BCUT2D eigenvalue weighted by Gasteiger charge is -2.08. The molecule has 0 saturated carbocycles. The van der Waals surface area contributed by atoms with Crippen molar-refractivity contribution in [2.45, 2.75) is 6.42 Å². The highest BCUT2D eigenvalue weighted by Gasteiger charge is 2.09. The lowest BCUT2D eigenvalue weighted by atomic mass is 10.2. The summed E-state index contributed by atoms with van der Waals surface area (Å²) >= 11 is 7.40. The van der Waals surface area contributed by atoms with E-state index >= 15 is 0 Å². The van der Waals surface area contributed by atoms with Crippen LogP contribution in [0.15, 0.2) is 36.7 Å². The van der Waals surface area contributed by atoms with Crippen LogP contribution in [0.4, 0.5) is 5.69 Å². The molecule has 0 unspecified atom stereocenters. The zero-order chi connectivity index (χ0) is 13.1. The van der Waals surface area contributed by atoms with E-state index in [-0.39, 0.29) is 0 Å². The molecule has 0 fully saturated rings. The first kappa shape index (κ1) is 12.3. The molecular weight excluding hydrogens is 280 g/mol. The van der Waals surface area contributed by atoms with Crippen LogP contribution < -0.4 is 5.32 Å². The quantitative estimate of drug-likeness (QED) is 0.800. The van der Waals surface area contributed by atoms with Crippen LogP contribution in [-0.4, -0.2) is 20.3 Å². The fourth-order valence-corrected chi connectivity index (χ4v) is 2.63. The summed E-state index contributed by atoms with van der Waals surface area (Å²) in [4.78, 5) is 4.10. The molecule has 1 N–H and O–H groups in total. The zero-order valence-electron chi connectivity index (χ0n) is 10.0. The summed E-state index contributed by atoms with van der Waals surface area (Å²) in [5, 5.41) is 4.01. The molecule has 2 aromatic heterocycles. The summed E-state index contributed by atoms with van der Waals surface area (Å²) in [6, 6.07) is 7.72. The molecule has 3 rings (SSSR count). The van der Waals surface area contributed by atoms with E-state index in [1.54, 1.807) is 6.20 Å². The third-order valence-corrected chi connectivity index (χ3v) is 3.67. The Hall–Kier alpha value is -1.72. The van der Waals surface area contributed by atoms with E-state index < -0.39 is 0 Å². The lowest BCUT2D eigenvalue weighted by molar-refractivity contribution is 1.01. The number of benzene rings is 1. The highest BCUT2D eigenvalue weighted by atomic mass is 35.5. The van der Waals surface area contributed by atoms with E-state index in [2.05, 4.69) is 25.1 Å². The first-order chi connectivity index (χ1) is 9.34. The number of hydrogen-bond donors (Lipinski definition) is 1. The van der Waals surface area contributed by atoms with Gasteiger partial charge in [0, 0.05) is 18.9 Å². The first-order valence-electron chi connectivity index (χ1n) is 5.88. The maximum absolute atomic E-state index is 6.20. The zero-order valence-corrected chi connectivity index (χ0v) is 11.6. The van der Waals surface area contributed by atoms with Crippen LogP contribution in [0.2, 0.25) is 5.02 Å². The number of rotatable bonds is 4. The van der Waals surface area contributed by atoms with Crippen LogP contribution in [0, 0.1) is 0 Å². The smallest absolute Gasteiger partial charge is 0.129 e. The Morgan fingerprint density at radius 2 is 2.16 bits per heavy atom. The second-order valence-corrected chi connectivity index (χ2v) is 5.03. The summed E-state index contributed by atoms with van der Waals surface area (Å²) in [6.45, 7) is 0.780. The molecule has 0 saturated heterocycles. The first-order valence-corrected chi connectivity index (χ1v) is 6.99. The Bertz CT molecular complexity index is 683. The number of anilines is 1. The Kier molecular flexibility index (Phi) is 3.57. The maximum Gasteiger partial charge on any atom is 0.129 e. The number of halogens is 1. The molecule has 0 bridgehead atoms. The molecular formula is C13H11ClN4S. The molecule has 4 nitrogen and oxygen atoms in total. The van der Waals surface area contributed by atoms with E-state index in [0.29, 0.717) is 5.02 Å². The molecule has 0 aliphatic rings. The van der Waals surface area contributed by atoms with Crippen LogP contribution in [0.25, 0.3) is 11.0 Å². The lowest BCUT2D eigenvalue weighted by Crippen LogP contribution is -2.06. The van der Waals surface area contributed by atoms with Gasteiger partial charge in [-0.15, -0.1) is 0 Å². The van der Waals surface area contributed by atoms with Crippen molar-refractivity contribution in [2.24, 2.45) is 0 Å². The summed E-state index contributed by atoms with van der Waals surface area (Å²) < 4.78 is 8.49. The number of pyridine rings is 1. The average molecular weight is 291 g/mol. The molecule has 6 heteroatoms. The van der Waals surface area contributed by atoms with Crippen LogP contribution in [0.5, 0.6) is 0 Å². The van der Waals surface area contributed by atoms with Crippen LogP contribution >= 0.6 is 23.3 Å². The Labute approximate surface area is 119 Å². The van der Waals surface area contributed by atoms with Crippen LogP contribution in [-0.2, 0) is 6.42 Å². The van der Waals surface area contributed by atoms with Crippen molar-refractivity contribution in [3.05, 3.63) is 47.2 Å². The molecule has 0 spiro atoms. The average Bonchev–Trinajstić information content (AvgIpc) is 2.91. The van der Waals surface area contributed by atoms with Crippen molar-refractivity contribution < 1.29 is 0 Å². The Balaban J connectivity index is 1.75. The van der Waals surface area contributed by atoms with Gasteiger partial charge in [0.25, 0.3) is 0 Å². The minimum Gasteiger partial charge on any atom is -0.382 e. The van der Waals surface area contributed by atoms with Crippen molar-refractivity contribution in [3.8, 4) is 0 Å². The normalized spacial score (nSPS) is 10.8. The minimum atomic E-state index is 0.673. The van der Waals surface area contributed by atoms with Crippen molar-refractivity contribution in [2.75, 3.05) is 11.9 Å². The molecule has 0 aliphatic heterocycles. The molecule has 1 aromatic carbocycles. The molecule has 0 atom stereocenters. The number of nitrogens with zero attached hydrogens (tertiary/aromatic N) is 3. The summed E-state index contributed by atoms with van der Waals surface area (Å²) in [5.74, 6) is 0. The van der Waals surface area contributed by atoms with Gasteiger partial charge in [-0.3, -0.25) is 4.98 Å².